The number of amides is 1. The zero-order valence-corrected chi connectivity index (χ0v) is 12.1. The molecular weight excluding hydrogens is 301 g/mol. The van der Waals surface area contributed by atoms with E-state index >= 15 is 0 Å². The topological polar surface area (TPSA) is 38.3 Å². The molecule has 0 fully saturated rings. The SMILES string of the molecule is COc1cc(C(=O)NCCCC(C)Br)ccc1F. The average molecular weight is 318 g/mol. The maximum Gasteiger partial charge on any atom is 0.251 e. The second-order valence-corrected chi connectivity index (χ2v) is 5.59. The van der Waals surface area contributed by atoms with Gasteiger partial charge < -0.3 is 10.1 Å². The summed E-state index contributed by atoms with van der Waals surface area (Å²) in [5.41, 5.74) is 0.403. The van der Waals surface area contributed by atoms with Crippen LogP contribution in [0.3, 0.4) is 0 Å². The zero-order chi connectivity index (χ0) is 13.5. The van der Waals surface area contributed by atoms with Crippen molar-refractivity contribution in [3.63, 3.8) is 0 Å². The molecule has 5 heteroatoms. The quantitative estimate of drug-likeness (QED) is 0.646. The second kappa shape index (κ2) is 7.36. The zero-order valence-electron chi connectivity index (χ0n) is 10.5. The van der Waals surface area contributed by atoms with Gasteiger partial charge in [0.05, 0.1) is 7.11 Å². The van der Waals surface area contributed by atoms with E-state index in [-0.39, 0.29) is 11.7 Å². The monoisotopic (exact) mass is 317 g/mol. The van der Waals surface area contributed by atoms with Crippen LogP contribution < -0.4 is 10.1 Å². The molecule has 0 spiro atoms. The van der Waals surface area contributed by atoms with Crippen molar-refractivity contribution in [2.45, 2.75) is 24.6 Å². The second-order valence-electron chi connectivity index (χ2n) is 4.03. The summed E-state index contributed by atoms with van der Waals surface area (Å²) in [4.78, 5) is 12.2. The first-order valence-electron chi connectivity index (χ1n) is 5.80. The van der Waals surface area contributed by atoms with Crippen LogP contribution in [0.5, 0.6) is 5.75 Å². The van der Waals surface area contributed by atoms with Gasteiger partial charge in [-0.1, -0.05) is 22.9 Å². The maximum atomic E-state index is 13.2. The predicted octanol–water partition coefficient (Wildman–Crippen LogP) is 3.13. The van der Waals surface area contributed by atoms with Crippen LogP contribution in [0.4, 0.5) is 4.39 Å². The molecule has 1 amide bonds. The Morgan fingerprint density at radius 2 is 2.28 bits per heavy atom. The molecule has 1 aromatic rings. The van der Waals surface area contributed by atoms with Crippen LogP contribution in [0.25, 0.3) is 0 Å². The number of hydrogen-bond donors (Lipinski definition) is 1. The van der Waals surface area contributed by atoms with Crippen molar-refractivity contribution in [2.24, 2.45) is 0 Å². The molecule has 0 aliphatic rings. The molecule has 1 atom stereocenters. The van der Waals surface area contributed by atoms with E-state index in [1.165, 1.54) is 25.3 Å². The Kier molecular flexibility index (Phi) is 6.12. The van der Waals surface area contributed by atoms with Gasteiger partial charge in [-0.05, 0) is 31.0 Å². The van der Waals surface area contributed by atoms with Crippen molar-refractivity contribution in [3.8, 4) is 5.75 Å². The molecule has 100 valence electrons. The first-order valence-corrected chi connectivity index (χ1v) is 6.72. The van der Waals surface area contributed by atoms with Crippen molar-refractivity contribution in [1.29, 1.82) is 0 Å². The lowest BCUT2D eigenvalue weighted by atomic mass is 10.2. The van der Waals surface area contributed by atoms with E-state index in [2.05, 4.69) is 28.2 Å². The highest BCUT2D eigenvalue weighted by Crippen LogP contribution is 2.18. The Bertz CT molecular complexity index is 410. The fourth-order valence-corrected chi connectivity index (χ4v) is 1.81. The van der Waals surface area contributed by atoms with Crippen molar-refractivity contribution in [1.82, 2.24) is 5.32 Å². The Morgan fingerprint density at radius 1 is 1.56 bits per heavy atom. The molecule has 0 aliphatic carbocycles. The predicted molar refractivity (Wildman–Crippen MR) is 72.9 cm³/mol. The van der Waals surface area contributed by atoms with Gasteiger partial charge >= 0.3 is 0 Å². The normalized spacial score (nSPS) is 12.0. The van der Waals surface area contributed by atoms with Crippen LogP contribution in [-0.2, 0) is 0 Å². The number of benzene rings is 1. The van der Waals surface area contributed by atoms with E-state index < -0.39 is 5.82 Å². The molecule has 0 aliphatic heterocycles. The molecule has 0 saturated carbocycles. The van der Waals surface area contributed by atoms with Gasteiger partial charge in [-0.15, -0.1) is 0 Å². The largest absolute Gasteiger partial charge is 0.494 e. The minimum atomic E-state index is -0.470. The van der Waals surface area contributed by atoms with E-state index in [9.17, 15) is 9.18 Å². The Morgan fingerprint density at radius 3 is 2.89 bits per heavy atom. The van der Waals surface area contributed by atoms with Gasteiger partial charge in [0.25, 0.3) is 5.91 Å². The average Bonchev–Trinajstić information content (AvgIpc) is 2.34. The van der Waals surface area contributed by atoms with Crippen LogP contribution in [-0.4, -0.2) is 24.4 Å². The first kappa shape index (κ1) is 15.0. The summed E-state index contributed by atoms with van der Waals surface area (Å²) in [6, 6.07) is 4.08. The summed E-state index contributed by atoms with van der Waals surface area (Å²) in [5, 5.41) is 2.79. The van der Waals surface area contributed by atoms with Gasteiger partial charge in [0, 0.05) is 16.9 Å². The molecule has 1 unspecified atom stereocenters. The smallest absolute Gasteiger partial charge is 0.251 e. The van der Waals surface area contributed by atoms with Crippen LogP contribution in [0.1, 0.15) is 30.1 Å². The summed E-state index contributed by atoms with van der Waals surface area (Å²) in [5.74, 6) is -0.602. The molecule has 1 rings (SSSR count). The van der Waals surface area contributed by atoms with Crippen LogP contribution in [0.2, 0.25) is 0 Å². The first-order chi connectivity index (χ1) is 8.54. The van der Waals surface area contributed by atoms with Gasteiger partial charge in [-0.3, -0.25) is 4.79 Å². The lowest BCUT2D eigenvalue weighted by molar-refractivity contribution is 0.0952. The molecule has 3 nitrogen and oxygen atoms in total. The van der Waals surface area contributed by atoms with Crippen molar-refractivity contribution in [3.05, 3.63) is 29.6 Å². The number of alkyl halides is 1. The summed E-state index contributed by atoms with van der Waals surface area (Å²) in [6.45, 7) is 2.67. The highest BCUT2D eigenvalue weighted by atomic mass is 79.9. The van der Waals surface area contributed by atoms with E-state index in [0.29, 0.717) is 16.9 Å². The molecule has 0 radical (unpaired) electrons. The number of hydrogen-bond acceptors (Lipinski definition) is 2. The van der Waals surface area contributed by atoms with E-state index in [1.807, 2.05) is 0 Å². The highest BCUT2D eigenvalue weighted by Gasteiger charge is 2.09. The lowest BCUT2D eigenvalue weighted by Gasteiger charge is -2.08. The number of methoxy groups -OCH3 is 1. The van der Waals surface area contributed by atoms with Gasteiger partial charge in [0.2, 0.25) is 0 Å². The molecule has 0 saturated heterocycles. The van der Waals surface area contributed by atoms with Gasteiger partial charge in [-0.25, -0.2) is 4.39 Å². The van der Waals surface area contributed by atoms with Gasteiger partial charge in [-0.2, -0.15) is 0 Å². The lowest BCUT2D eigenvalue weighted by Crippen LogP contribution is -2.24. The van der Waals surface area contributed by atoms with Crippen molar-refractivity contribution in [2.75, 3.05) is 13.7 Å². The van der Waals surface area contributed by atoms with Crippen molar-refractivity contribution >= 4 is 21.8 Å². The fourth-order valence-electron chi connectivity index (χ4n) is 1.49. The molecule has 0 aromatic heterocycles. The number of carbonyl (C=O) groups excluding carboxylic acids is 1. The Balaban J connectivity index is 2.51. The van der Waals surface area contributed by atoms with E-state index in [4.69, 9.17) is 4.74 Å². The maximum absolute atomic E-state index is 13.2. The Labute approximate surface area is 115 Å². The van der Waals surface area contributed by atoms with Gasteiger partial charge in [0.1, 0.15) is 0 Å². The third-order valence-corrected chi connectivity index (χ3v) is 2.94. The number of nitrogens with one attached hydrogen (secondary N) is 1. The number of carbonyl (C=O) groups is 1. The standard InChI is InChI=1S/C13H17BrFNO2/c1-9(14)4-3-7-16-13(17)10-5-6-11(15)12(8-10)18-2/h5-6,8-9H,3-4,7H2,1-2H3,(H,16,17). The van der Waals surface area contributed by atoms with E-state index in [0.717, 1.165) is 12.8 Å². The highest BCUT2D eigenvalue weighted by molar-refractivity contribution is 9.09. The third-order valence-electron chi connectivity index (χ3n) is 2.48. The van der Waals surface area contributed by atoms with E-state index in [1.54, 1.807) is 0 Å². The van der Waals surface area contributed by atoms with Crippen LogP contribution in [0.15, 0.2) is 18.2 Å². The minimum absolute atomic E-state index is 0.0803. The Hall–Kier alpha value is -1.10. The number of ether oxygens (including phenoxy) is 1. The molecule has 18 heavy (non-hydrogen) atoms. The summed E-state index contributed by atoms with van der Waals surface area (Å²) >= 11 is 3.44. The van der Waals surface area contributed by atoms with Crippen LogP contribution in [0, 0.1) is 5.82 Å². The molecule has 1 N–H and O–H groups in total. The summed E-state index contributed by atoms with van der Waals surface area (Å²) < 4.78 is 18.0. The van der Waals surface area contributed by atoms with Crippen molar-refractivity contribution < 1.29 is 13.9 Å². The van der Waals surface area contributed by atoms with Gasteiger partial charge in [0.15, 0.2) is 11.6 Å². The fraction of sp³-hybridized carbons (Fsp3) is 0.462. The summed E-state index contributed by atoms with van der Waals surface area (Å²) in [7, 11) is 1.37. The minimum Gasteiger partial charge on any atom is -0.494 e. The number of halogens is 2. The molecule has 0 heterocycles. The molecule has 1 aromatic carbocycles. The summed E-state index contributed by atoms with van der Waals surface area (Å²) in [6.07, 6.45) is 1.89. The molecular formula is C13H17BrFNO2. The van der Waals surface area contributed by atoms with Crippen LogP contribution >= 0.6 is 15.9 Å². The molecule has 0 bridgehead atoms. The number of rotatable bonds is 6. The third kappa shape index (κ3) is 4.64.